The first-order valence-electron chi connectivity index (χ1n) is 2.78. The van der Waals surface area contributed by atoms with Crippen molar-refractivity contribution < 1.29 is 0 Å². The van der Waals surface area contributed by atoms with E-state index in [0.29, 0.717) is 0 Å². The second-order valence-corrected chi connectivity index (χ2v) is 1.76. The van der Waals surface area contributed by atoms with Crippen LogP contribution in [-0.4, -0.2) is 0 Å². The molecule has 0 aromatic rings. The number of rotatable bonds is 3. The van der Waals surface area contributed by atoms with E-state index < -0.39 is 0 Å². The van der Waals surface area contributed by atoms with Gasteiger partial charge >= 0.3 is 0 Å². The van der Waals surface area contributed by atoms with Crippen LogP contribution in [0, 0.1) is 0 Å². The molecule has 0 radical (unpaired) electrons. The van der Waals surface area contributed by atoms with E-state index in [-0.39, 0.29) is 0 Å². The summed E-state index contributed by atoms with van der Waals surface area (Å²) in [5.41, 5.74) is 1.56. The molecule has 1 heteroatoms. The fraction of sp³-hybridized carbons (Fsp3) is 0.429. The van der Waals surface area contributed by atoms with Gasteiger partial charge in [-0.1, -0.05) is 29.8 Å². The summed E-state index contributed by atoms with van der Waals surface area (Å²) < 4.78 is 0. The molecule has 0 aliphatic carbocycles. The third kappa shape index (κ3) is 5.77. The number of halogens is 1. The summed E-state index contributed by atoms with van der Waals surface area (Å²) in [5, 5.41) is 0. The summed E-state index contributed by atoms with van der Waals surface area (Å²) in [6.07, 6.45) is 8.26. The van der Waals surface area contributed by atoms with E-state index in [1.54, 1.807) is 5.54 Å². The summed E-state index contributed by atoms with van der Waals surface area (Å²) >= 11 is 5.28. The highest BCUT2D eigenvalue weighted by Crippen LogP contribution is 1.92. The van der Waals surface area contributed by atoms with Crippen molar-refractivity contribution in [2.24, 2.45) is 0 Å². The van der Waals surface area contributed by atoms with Crippen LogP contribution in [0.2, 0.25) is 0 Å². The first-order chi connectivity index (χ1) is 3.91. The lowest BCUT2D eigenvalue weighted by atomic mass is 10.3. The number of unbranched alkanes of at least 4 members (excludes halogenated alkanes) is 1. The molecule has 0 aromatic heterocycles. The average molecular weight is 131 g/mol. The van der Waals surface area contributed by atoms with Gasteiger partial charge in [0.15, 0.2) is 0 Å². The first kappa shape index (κ1) is 7.77. The van der Waals surface area contributed by atoms with Gasteiger partial charge in [-0.25, -0.2) is 0 Å². The van der Waals surface area contributed by atoms with Crippen molar-refractivity contribution in [2.45, 2.75) is 19.8 Å². The minimum absolute atomic E-state index is 1.05. The van der Waals surface area contributed by atoms with E-state index in [4.69, 9.17) is 11.6 Å². The summed E-state index contributed by atoms with van der Waals surface area (Å²) in [6, 6.07) is 0. The normalized spacial score (nSPS) is 11.8. The van der Waals surface area contributed by atoms with Crippen LogP contribution in [0.15, 0.2) is 23.8 Å². The van der Waals surface area contributed by atoms with Crippen LogP contribution in [0.4, 0.5) is 0 Å². The van der Waals surface area contributed by atoms with E-state index in [2.05, 4.69) is 6.08 Å². The molecule has 0 aliphatic heterocycles. The van der Waals surface area contributed by atoms with E-state index in [1.165, 1.54) is 0 Å². The maximum atomic E-state index is 5.28. The molecule has 0 saturated heterocycles. The molecule has 0 atom stereocenters. The molecular formula is C7H11Cl. The van der Waals surface area contributed by atoms with Gasteiger partial charge in [0.05, 0.1) is 0 Å². The van der Waals surface area contributed by atoms with Crippen molar-refractivity contribution in [2.75, 3.05) is 0 Å². The molecule has 0 aromatic carbocycles. The minimum Gasteiger partial charge on any atom is -0.0933 e. The SMILES string of the molecule is C/C=C/CC/C=C\Cl. The highest BCUT2D eigenvalue weighted by atomic mass is 35.5. The molecule has 46 valence electrons. The molecule has 0 unspecified atom stereocenters. The molecule has 0 heterocycles. The lowest BCUT2D eigenvalue weighted by Gasteiger charge is -1.80. The van der Waals surface area contributed by atoms with Crippen molar-refractivity contribution in [3.05, 3.63) is 23.8 Å². The number of hydrogen-bond acceptors (Lipinski definition) is 0. The van der Waals surface area contributed by atoms with Crippen LogP contribution in [-0.2, 0) is 0 Å². The van der Waals surface area contributed by atoms with E-state index in [1.807, 2.05) is 19.1 Å². The second-order valence-electron chi connectivity index (χ2n) is 1.51. The monoisotopic (exact) mass is 130 g/mol. The van der Waals surface area contributed by atoms with Gasteiger partial charge in [-0.2, -0.15) is 0 Å². The molecule has 0 nitrogen and oxygen atoms in total. The zero-order chi connectivity index (χ0) is 6.24. The van der Waals surface area contributed by atoms with Gasteiger partial charge in [0.25, 0.3) is 0 Å². The van der Waals surface area contributed by atoms with E-state index in [9.17, 15) is 0 Å². The van der Waals surface area contributed by atoms with Gasteiger partial charge in [0, 0.05) is 5.54 Å². The van der Waals surface area contributed by atoms with Gasteiger partial charge in [0.1, 0.15) is 0 Å². The third-order valence-electron chi connectivity index (χ3n) is 0.825. The molecule has 0 aliphatic rings. The Morgan fingerprint density at radius 1 is 1.25 bits per heavy atom. The van der Waals surface area contributed by atoms with Crippen LogP contribution < -0.4 is 0 Å². The molecule has 0 amide bonds. The Bertz CT molecular complexity index is 70.4. The highest BCUT2D eigenvalue weighted by molar-refractivity contribution is 6.25. The van der Waals surface area contributed by atoms with Crippen molar-refractivity contribution in [3.63, 3.8) is 0 Å². The third-order valence-corrected chi connectivity index (χ3v) is 1.00. The smallest absolute Gasteiger partial charge is 0.000256 e. The zero-order valence-electron chi connectivity index (χ0n) is 5.10. The predicted octanol–water partition coefficient (Wildman–Crippen LogP) is 3.10. The minimum atomic E-state index is 1.05. The number of hydrogen-bond donors (Lipinski definition) is 0. The maximum absolute atomic E-state index is 5.28. The molecular weight excluding hydrogens is 120 g/mol. The Morgan fingerprint density at radius 2 is 1.88 bits per heavy atom. The molecule has 0 fully saturated rings. The molecule has 0 bridgehead atoms. The summed E-state index contributed by atoms with van der Waals surface area (Å²) in [6.45, 7) is 2.02. The zero-order valence-corrected chi connectivity index (χ0v) is 5.86. The number of allylic oxidation sites excluding steroid dienone is 3. The molecule has 0 N–H and O–H groups in total. The van der Waals surface area contributed by atoms with Gasteiger partial charge in [-0.3, -0.25) is 0 Å². The Morgan fingerprint density at radius 3 is 2.38 bits per heavy atom. The quantitative estimate of drug-likeness (QED) is 0.407. The lowest BCUT2D eigenvalue weighted by molar-refractivity contribution is 1.05. The standard InChI is InChI=1S/C7H11Cl/c1-2-3-4-5-6-7-8/h2-3,6-7H,4-5H2,1H3/b3-2+,7-6-. The summed E-state index contributed by atoms with van der Waals surface area (Å²) in [4.78, 5) is 0. The summed E-state index contributed by atoms with van der Waals surface area (Å²) in [5.74, 6) is 0. The molecule has 0 spiro atoms. The topological polar surface area (TPSA) is 0 Å². The van der Waals surface area contributed by atoms with Crippen LogP contribution >= 0.6 is 11.6 Å². The highest BCUT2D eigenvalue weighted by Gasteiger charge is 1.71. The average Bonchev–Trinajstić information content (AvgIpc) is 1.81. The second kappa shape index (κ2) is 6.77. The fourth-order valence-electron chi connectivity index (χ4n) is 0.422. The Labute approximate surface area is 55.9 Å². The van der Waals surface area contributed by atoms with Crippen molar-refractivity contribution in [1.82, 2.24) is 0 Å². The Hall–Kier alpha value is -0.230. The van der Waals surface area contributed by atoms with Crippen molar-refractivity contribution in [3.8, 4) is 0 Å². The summed E-state index contributed by atoms with van der Waals surface area (Å²) in [7, 11) is 0. The van der Waals surface area contributed by atoms with Crippen molar-refractivity contribution >= 4 is 11.6 Å². The Balaban J connectivity index is 2.93. The molecule has 8 heavy (non-hydrogen) atoms. The first-order valence-corrected chi connectivity index (χ1v) is 3.22. The van der Waals surface area contributed by atoms with Gasteiger partial charge in [-0.15, -0.1) is 0 Å². The maximum Gasteiger partial charge on any atom is 0.000256 e. The van der Waals surface area contributed by atoms with E-state index >= 15 is 0 Å². The predicted molar refractivity (Wildman–Crippen MR) is 39.0 cm³/mol. The fourth-order valence-corrected chi connectivity index (χ4v) is 0.548. The van der Waals surface area contributed by atoms with Crippen LogP contribution in [0.1, 0.15) is 19.8 Å². The van der Waals surface area contributed by atoms with Gasteiger partial charge < -0.3 is 0 Å². The van der Waals surface area contributed by atoms with Gasteiger partial charge in [-0.05, 0) is 19.8 Å². The van der Waals surface area contributed by atoms with Crippen molar-refractivity contribution in [1.29, 1.82) is 0 Å². The largest absolute Gasteiger partial charge is 0.0933 e. The van der Waals surface area contributed by atoms with Crippen LogP contribution in [0.3, 0.4) is 0 Å². The molecule has 0 rings (SSSR count). The van der Waals surface area contributed by atoms with Gasteiger partial charge in [0.2, 0.25) is 0 Å². The van der Waals surface area contributed by atoms with Crippen LogP contribution in [0.25, 0.3) is 0 Å². The van der Waals surface area contributed by atoms with E-state index in [0.717, 1.165) is 12.8 Å². The molecule has 0 saturated carbocycles. The van der Waals surface area contributed by atoms with Crippen LogP contribution in [0.5, 0.6) is 0 Å². The lowest BCUT2D eigenvalue weighted by Crippen LogP contribution is -1.60. The Kier molecular flexibility index (Phi) is 6.58.